The molecule has 0 saturated carbocycles. The van der Waals surface area contributed by atoms with Gasteiger partial charge < -0.3 is 14.8 Å². The average molecular weight is 459 g/mol. The fraction of sp³-hybridized carbons (Fsp3) is 0.304. The van der Waals surface area contributed by atoms with Gasteiger partial charge in [-0.25, -0.2) is 0 Å². The molecule has 0 bridgehead atoms. The second-order valence-corrected chi connectivity index (χ2v) is 9.03. The largest absolute Gasteiger partial charge is 0.352 e. The average Bonchev–Trinajstić information content (AvgIpc) is 3.21. The van der Waals surface area contributed by atoms with Crippen molar-refractivity contribution in [1.82, 2.24) is 19.8 Å². The van der Waals surface area contributed by atoms with Gasteiger partial charge in [0, 0.05) is 23.6 Å². The van der Waals surface area contributed by atoms with Crippen molar-refractivity contribution in [2.45, 2.75) is 45.8 Å². The predicted octanol–water partition coefficient (Wildman–Crippen LogP) is 6.18. The Morgan fingerprint density at radius 1 is 1.10 bits per heavy atom. The number of aromatic nitrogens is 2. The highest BCUT2D eigenvalue weighted by Gasteiger charge is 2.42. The number of nitrogens with one attached hydrogen (secondary N) is 1. The van der Waals surface area contributed by atoms with E-state index in [2.05, 4.69) is 53.5 Å². The normalized spacial score (nSPS) is 18.9. The third-order valence-corrected chi connectivity index (χ3v) is 6.79. The second kappa shape index (κ2) is 8.22. The number of hydrogen-bond donors (Lipinski definition) is 1. The van der Waals surface area contributed by atoms with Gasteiger partial charge in [-0.05, 0) is 75.8 Å². The van der Waals surface area contributed by atoms with Crippen LogP contribution in [0.15, 0.2) is 48.7 Å². The van der Waals surface area contributed by atoms with Crippen LogP contribution in [0.2, 0.25) is 10.0 Å². The molecule has 156 valence electrons. The summed E-state index contributed by atoms with van der Waals surface area (Å²) in [5.41, 5.74) is 5.25. The zero-order valence-electron chi connectivity index (χ0n) is 17.4. The molecule has 3 aromatic rings. The summed E-state index contributed by atoms with van der Waals surface area (Å²) in [5, 5.41) is 5.35. The highest BCUT2D eigenvalue weighted by molar-refractivity contribution is 7.80. The van der Waals surface area contributed by atoms with Gasteiger partial charge in [0.2, 0.25) is 0 Å². The van der Waals surface area contributed by atoms with Crippen LogP contribution in [0.5, 0.6) is 0 Å². The van der Waals surface area contributed by atoms with E-state index >= 15 is 0 Å². The molecule has 0 unspecified atom stereocenters. The molecule has 0 radical (unpaired) electrons. The molecule has 3 heterocycles. The maximum Gasteiger partial charge on any atom is 0.170 e. The molecule has 0 spiro atoms. The SMILES string of the molecule is Cc1cc([C@H]2[C@H](c3ccccn3)NC(=S)N2C(C)C)c(C)n1-c1cccc(Cl)c1Cl. The molecule has 1 N–H and O–H groups in total. The summed E-state index contributed by atoms with van der Waals surface area (Å²) in [6.45, 7) is 8.53. The van der Waals surface area contributed by atoms with Gasteiger partial charge in [-0.15, -0.1) is 0 Å². The maximum atomic E-state index is 6.56. The molecular formula is C23H24Cl2N4S. The van der Waals surface area contributed by atoms with Crippen LogP contribution in [0, 0.1) is 13.8 Å². The van der Waals surface area contributed by atoms with E-state index in [1.54, 1.807) is 6.07 Å². The van der Waals surface area contributed by atoms with E-state index in [4.69, 9.17) is 35.4 Å². The van der Waals surface area contributed by atoms with E-state index in [0.29, 0.717) is 10.0 Å². The van der Waals surface area contributed by atoms with Gasteiger partial charge >= 0.3 is 0 Å². The highest BCUT2D eigenvalue weighted by Crippen LogP contribution is 2.43. The van der Waals surface area contributed by atoms with Gasteiger partial charge in [-0.3, -0.25) is 4.98 Å². The number of aryl methyl sites for hydroxylation is 1. The number of rotatable bonds is 4. The van der Waals surface area contributed by atoms with E-state index in [1.807, 2.05) is 36.5 Å². The summed E-state index contributed by atoms with van der Waals surface area (Å²) < 4.78 is 2.17. The molecule has 0 amide bonds. The Hall–Kier alpha value is -2.08. The minimum atomic E-state index is -0.0371. The van der Waals surface area contributed by atoms with Crippen molar-refractivity contribution < 1.29 is 0 Å². The molecule has 0 aliphatic carbocycles. The molecule has 1 fully saturated rings. The first-order chi connectivity index (χ1) is 14.3. The predicted molar refractivity (Wildman–Crippen MR) is 128 cm³/mol. The number of hydrogen-bond acceptors (Lipinski definition) is 2. The highest BCUT2D eigenvalue weighted by atomic mass is 35.5. The maximum absolute atomic E-state index is 6.56. The molecular weight excluding hydrogens is 435 g/mol. The molecule has 4 nitrogen and oxygen atoms in total. The van der Waals surface area contributed by atoms with Crippen molar-refractivity contribution in [2.24, 2.45) is 0 Å². The third kappa shape index (κ3) is 3.49. The van der Waals surface area contributed by atoms with Crippen LogP contribution in [0.25, 0.3) is 5.69 Å². The molecule has 4 rings (SSSR count). The van der Waals surface area contributed by atoms with Crippen molar-refractivity contribution in [3.63, 3.8) is 0 Å². The first-order valence-corrected chi connectivity index (χ1v) is 11.1. The van der Waals surface area contributed by atoms with Gasteiger partial charge in [0.25, 0.3) is 0 Å². The van der Waals surface area contributed by atoms with Crippen molar-refractivity contribution in [3.8, 4) is 5.69 Å². The Morgan fingerprint density at radius 2 is 1.87 bits per heavy atom. The van der Waals surface area contributed by atoms with Gasteiger partial charge in [-0.2, -0.15) is 0 Å². The summed E-state index contributed by atoms with van der Waals surface area (Å²) in [4.78, 5) is 6.88. The first kappa shape index (κ1) is 21.2. The molecule has 30 heavy (non-hydrogen) atoms. The van der Waals surface area contributed by atoms with Crippen molar-refractivity contribution in [1.29, 1.82) is 0 Å². The Morgan fingerprint density at radius 3 is 2.53 bits per heavy atom. The minimum Gasteiger partial charge on any atom is -0.352 e. The lowest BCUT2D eigenvalue weighted by Gasteiger charge is -2.31. The molecule has 2 aromatic heterocycles. The van der Waals surface area contributed by atoms with Crippen molar-refractivity contribution in [3.05, 3.63) is 81.4 Å². The van der Waals surface area contributed by atoms with Crippen LogP contribution in [0.1, 0.15) is 48.6 Å². The van der Waals surface area contributed by atoms with Crippen LogP contribution in [-0.4, -0.2) is 25.6 Å². The van der Waals surface area contributed by atoms with Crippen LogP contribution < -0.4 is 5.32 Å². The van der Waals surface area contributed by atoms with Gasteiger partial charge in [0.15, 0.2) is 5.11 Å². The lowest BCUT2D eigenvalue weighted by atomic mass is 9.96. The number of benzene rings is 1. The summed E-state index contributed by atoms with van der Waals surface area (Å²) in [6.07, 6.45) is 1.82. The summed E-state index contributed by atoms with van der Waals surface area (Å²) in [5.74, 6) is 0. The molecule has 1 saturated heterocycles. The number of nitrogens with zero attached hydrogens (tertiary/aromatic N) is 3. The summed E-state index contributed by atoms with van der Waals surface area (Å²) >= 11 is 18.6. The Labute approximate surface area is 192 Å². The molecule has 2 atom stereocenters. The summed E-state index contributed by atoms with van der Waals surface area (Å²) in [6, 6.07) is 14.1. The quantitative estimate of drug-likeness (QED) is 0.473. The van der Waals surface area contributed by atoms with Crippen molar-refractivity contribution >= 4 is 40.5 Å². The summed E-state index contributed by atoms with van der Waals surface area (Å²) in [7, 11) is 0. The Balaban J connectivity index is 1.88. The topological polar surface area (TPSA) is 33.1 Å². The van der Waals surface area contributed by atoms with Gasteiger partial charge in [0.1, 0.15) is 0 Å². The lowest BCUT2D eigenvalue weighted by Crippen LogP contribution is -2.35. The fourth-order valence-electron chi connectivity index (χ4n) is 4.38. The zero-order valence-corrected chi connectivity index (χ0v) is 19.7. The molecule has 7 heteroatoms. The molecule has 1 aliphatic rings. The van der Waals surface area contributed by atoms with E-state index in [0.717, 1.165) is 27.9 Å². The smallest absolute Gasteiger partial charge is 0.170 e. The Kier molecular flexibility index (Phi) is 5.80. The van der Waals surface area contributed by atoms with Crippen LogP contribution in [0.3, 0.4) is 0 Å². The Bertz CT molecular complexity index is 1090. The minimum absolute atomic E-state index is 0.0188. The number of thiocarbonyl (C=S) groups is 1. The van der Waals surface area contributed by atoms with Gasteiger partial charge in [0.05, 0.1) is 33.5 Å². The number of halogens is 2. The zero-order chi connectivity index (χ0) is 21.6. The van der Waals surface area contributed by atoms with Crippen LogP contribution >= 0.6 is 35.4 Å². The van der Waals surface area contributed by atoms with Crippen LogP contribution in [-0.2, 0) is 0 Å². The van der Waals surface area contributed by atoms with E-state index < -0.39 is 0 Å². The monoisotopic (exact) mass is 458 g/mol. The van der Waals surface area contributed by atoms with Crippen LogP contribution in [0.4, 0.5) is 0 Å². The molecule has 1 aromatic carbocycles. The van der Waals surface area contributed by atoms with E-state index in [-0.39, 0.29) is 18.1 Å². The third-order valence-electron chi connectivity index (χ3n) is 5.65. The van der Waals surface area contributed by atoms with Gasteiger partial charge in [-0.1, -0.05) is 35.3 Å². The van der Waals surface area contributed by atoms with Crippen molar-refractivity contribution in [2.75, 3.05) is 0 Å². The number of pyridine rings is 1. The lowest BCUT2D eigenvalue weighted by molar-refractivity contribution is 0.269. The van der Waals surface area contributed by atoms with E-state index in [9.17, 15) is 0 Å². The van der Waals surface area contributed by atoms with E-state index in [1.165, 1.54) is 5.56 Å². The first-order valence-electron chi connectivity index (χ1n) is 9.94. The second-order valence-electron chi connectivity index (χ2n) is 7.86. The molecule has 1 aliphatic heterocycles. The standard InChI is InChI=1S/C23H24Cl2N4S/c1-13(2)28-22(21(27-23(28)30)18-9-5-6-11-26-18)16-12-14(3)29(15(16)4)19-10-7-8-17(24)20(19)25/h5-13,21-22H,1-4H3,(H,27,30)/t21-,22-/m0/s1. The fourth-order valence-corrected chi connectivity index (χ4v) is 5.21.